The summed E-state index contributed by atoms with van der Waals surface area (Å²) in [4.78, 5) is 29.3. The van der Waals surface area contributed by atoms with Crippen LogP contribution in [0.3, 0.4) is 0 Å². The van der Waals surface area contributed by atoms with Crippen LogP contribution in [0, 0.1) is 36.5 Å². The van der Waals surface area contributed by atoms with E-state index in [1.165, 1.54) is 11.4 Å². The van der Waals surface area contributed by atoms with Gasteiger partial charge in [-0.2, -0.15) is 0 Å². The summed E-state index contributed by atoms with van der Waals surface area (Å²) in [5.41, 5.74) is 0.775. The number of nitrogens with one attached hydrogen (secondary N) is 2. The Hall–Kier alpha value is -2.93. The third kappa shape index (κ3) is 13.1. The molecule has 1 aromatic carbocycles. The summed E-state index contributed by atoms with van der Waals surface area (Å²) >= 11 is 0. The molecule has 1 aliphatic rings. The Kier molecular flexibility index (Phi) is 16.6. The van der Waals surface area contributed by atoms with Crippen molar-refractivity contribution in [3.63, 3.8) is 0 Å². The first-order chi connectivity index (χ1) is 21.4. The lowest BCUT2D eigenvalue weighted by atomic mass is 9.82. The topological polar surface area (TPSA) is 139 Å². The zero-order valence-corrected chi connectivity index (χ0v) is 27.8. The Morgan fingerprint density at radius 3 is 2.22 bits per heavy atom. The van der Waals surface area contributed by atoms with Crippen molar-refractivity contribution < 1.29 is 28.2 Å². The third-order valence-corrected chi connectivity index (χ3v) is 10.6. The lowest BCUT2D eigenvalue weighted by molar-refractivity contribution is -0.132. The molecule has 0 radical (unpaired) electrons. The summed E-state index contributed by atoms with van der Waals surface area (Å²) in [5, 5.41) is 26.9. The molecular formula is C34H52N4O6S. The minimum absolute atomic E-state index is 0.0818. The van der Waals surface area contributed by atoms with Gasteiger partial charge in [0.25, 0.3) is 0 Å². The molecule has 250 valence electrons. The number of terminal acetylenes is 2. The average molecular weight is 645 g/mol. The number of nitrogens with zero attached hydrogens (tertiary/aromatic N) is 2. The van der Waals surface area contributed by atoms with E-state index in [9.17, 15) is 28.2 Å². The zero-order chi connectivity index (χ0) is 33.4. The van der Waals surface area contributed by atoms with Crippen LogP contribution in [0.4, 0.5) is 0 Å². The fourth-order valence-corrected chi connectivity index (χ4v) is 6.98. The van der Waals surface area contributed by atoms with E-state index < -0.39 is 57.8 Å². The molecule has 0 spiro atoms. The molecule has 0 saturated heterocycles. The highest BCUT2D eigenvalue weighted by atomic mass is 32.2. The predicted molar refractivity (Wildman–Crippen MR) is 177 cm³/mol. The average Bonchev–Trinajstić information content (AvgIpc) is 3.03. The summed E-state index contributed by atoms with van der Waals surface area (Å²) in [6, 6.07) is 7.11. The first-order valence-corrected chi connectivity index (χ1v) is 17.5. The van der Waals surface area contributed by atoms with Gasteiger partial charge in [-0.1, -0.05) is 69.4 Å². The van der Waals surface area contributed by atoms with Crippen molar-refractivity contribution in [3.05, 3.63) is 35.9 Å². The van der Waals surface area contributed by atoms with Crippen LogP contribution < -0.4 is 10.6 Å². The normalized spacial score (nSPS) is 17.4. The first-order valence-electron chi connectivity index (χ1n) is 15.9. The summed E-state index contributed by atoms with van der Waals surface area (Å²) in [6.07, 6.45) is 13.9. The van der Waals surface area contributed by atoms with E-state index in [1.54, 1.807) is 0 Å². The molecule has 0 heterocycles. The number of amides is 2. The number of aliphatic hydroxyl groups is 2. The molecule has 11 heteroatoms. The number of sulfonamides is 1. The van der Waals surface area contributed by atoms with Crippen molar-refractivity contribution in [2.75, 3.05) is 39.5 Å². The van der Waals surface area contributed by atoms with Gasteiger partial charge in [0.1, 0.15) is 12.1 Å². The molecule has 45 heavy (non-hydrogen) atoms. The molecule has 5 atom stereocenters. The third-order valence-electron chi connectivity index (χ3n) is 8.65. The van der Waals surface area contributed by atoms with Gasteiger partial charge < -0.3 is 25.7 Å². The van der Waals surface area contributed by atoms with Gasteiger partial charge in [0.2, 0.25) is 21.8 Å². The van der Waals surface area contributed by atoms with Crippen molar-refractivity contribution in [2.45, 2.75) is 89.0 Å². The number of carbonyl (C=O) groups is 2. The van der Waals surface area contributed by atoms with E-state index in [4.69, 9.17) is 12.8 Å². The van der Waals surface area contributed by atoms with Gasteiger partial charge in [0.15, 0.2) is 0 Å². The Balaban J connectivity index is 2.26. The van der Waals surface area contributed by atoms with E-state index in [1.807, 2.05) is 49.2 Å². The number of aliphatic hydroxyl groups excluding tert-OH is 2. The Morgan fingerprint density at radius 2 is 1.62 bits per heavy atom. The molecule has 0 aliphatic heterocycles. The van der Waals surface area contributed by atoms with Crippen LogP contribution in [-0.4, -0.2) is 103 Å². The molecule has 10 nitrogen and oxygen atoms in total. The van der Waals surface area contributed by atoms with Crippen LogP contribution in [-0.2, 0) is 26.0 Å². The Labute approximate surface area is 270 Å². The van der Waals surface area contributed by atoms with Crippen LogP contribution in [0.2, 0.25) is 0 Å². The predicted octanol–water partition coefficient (Wildman–Crippen LogP) is 1.77. The monoisotopic (exact) mass is 644 g/mol. The van der Waals surface area contributed by atoms with Crippen LogP contribution in [0.1, 0.15) is 63.9 Å². The molecule has 2 rings (SSSR count). The highest BCUT2D eigenvalue weighted by Crippen LogP contribution is 2.28. The maximum absolute atomic E-state index is 13.7. The molecule has 0 unspecified atom stereocenters. The molecule has 0 aromatic heterocycles. The van der Waals surface area contributed by atoms with Crippen LogP contribution in [0.15, 0.2) is 30.3 Å². The smallest absolute Gasteiger partial charge is 0.243 e. The summed E-state index contributed by atoms with van der Waals surface area (Å²) in [7, 11) is -0.433. The van der Waals surface area contributed by atoms with Gasteiger partial charge in [-0.15, -0.1) is 24.7 Å². The second-order valence-electron chi connectivity index (χ2n) is 12.2. The maximum atomic E-state index is 13.7. The van der Waals surface area contributed by atoms with E-state index in [0.717, 1.165) is 44.2 Å². The zero-order valence-electron chi connectivity index (χ0n) is 27.0. The lowest BCUT2D eigenvalue weighted by Crippen LogP contribution is -2.56. The fraction of sp³-hybridized carbons (Fsp3) is 0.647. The highest BCUT2D eigenvalue weighted by molar-refractivity contribution is 7.89. The van der Waals surface area contributed by atoms with E-state index in [2.05, 4.69) is 22.5 Å². The van der Waals surface area contributed by atoms with Gasteiger partial charge >= 0.3 is 0 Å². The number of rotatable bonds is 19. The Morgan fingerprint density at radius 1 is 0.978 bits per heavy atom. The maximum Gasteiger partial charge on any atom is 0.243 e. The quantitative estimate of drug-likeness (QED) is 0.168. The van der Waals surface area contributed by atoms with E-state index >= 15 is 0 Å². The minimum atomic E-state index is -3.83. The van der Waals surface area contributed by atoms with Gasteiger partial charge in [0.05, 0.1) is 23.8 Å². The number of hydrogen-bond acceptors (Lipinski definition) is 7. The van der Waals surface area contributed by atoms with E-state index in [-0.39, 0.29) is 31.7 Å². The molecule has 0 bridgehead atoms. The molecule has 1 aromatic rings. The summed E-state index contributed by atoms with van der Waals surface area (Å²) < 4.78 is 28.0. The molecule has 4 N–H and O–H groups in total. The van der Waals surface area contributed by atoms with Crippen molar-refractivity contribution in [2.24, 2.45) is 11.8 Å². The van der Waals surface area contributed by atoms with Crippen LogP contribution in [0.5, 0.6) is 0 Å². The Bertz CT molecular complexity index is 1240. The van der Waals surface area contributed by atoms with Crippen LogP contribution >= 0.6 is 0 Å². The van der Waals surface area contributed by atoms with Gasteiger partial charge in [-0.05, 0) is 37.9 Å². The second kappa shape index (κ2) is 19.6. The van der Waals surface area contributed by atoms with Gasteiger partial charge in [-0.25, -0.2) is 12.7 Å². The van der Waals surface area contributed by atoms with Gasteiger partial charge in [-0.3, -0.25) is 9.59 Å². The number of likely N-dealkylation sites (N-methyl/N-ethyl adjacent to an activating group) is 2. The summed E-state index contributed by atoms with van der Waals surface area (Å²) in [5.74, 6) is 2.34. The second-order valence-corrected chi connectivity index (χ2v) is 14.3. The van der Waals surface area contributed by atoms with Crippen molar-refractivity contribution in [1.82, 2.24) is 19.8 Å². The number of benzene rings is 1. The molecule has 1 aliphatic carbocycles. The van der Waals surface area contributed by atoms with Crippen LogP contribution in [0.25, 0.3) is 0 Å². The van der Waals surface area contributed by atoms with E-state index in [0.29, 0.717) is 13.0 Å². The fourth-order valence-electron chi connectivity index (χ4n) is 5.59. The molecule has 1 saturated carbocycles. The lowest BCUT2D eigenvalue weighted by Gasteiger charge is -2.33. The molecule has 1 fully saturated rings. The molecule has 2 amide bonds. The van der Waals surface area contributed by atoms with Crippen molar-refractivity contribution >= 4 is 21.8 Å². The number of carbonyl (C=O) groups excluding carboxylic acids is 2. The largest absolute Gasteiger partial charge is 0.389 e. The minimum Gasteiger partial charge on any atom is -0.389 e. The van der Waals surface area contributed by atoms with Crippen molar-refractivity contribution in [1.29, 1.82) is 0 Å². The highest BCUT2D eigenvalue weighted by Gasteiger charge is 2.34. The SMILES string of the molecule is C#CC[C@H](NC(=O)[C@H](Cc1ccccc1)CS(=O)(=O)N(C)CCN(C)CC)C(=O)N[C@@H](CC1CCCCC1)[C@@H](O)[C@@H](O)CC#C. The summed E-state index contributed by atoms with van der Waals surface area (Å²) in [6.45, 7) is 3.56. The van der Waals surface area contributed by atoms with Gasteiger partial charge in [0, 0.05) is 33.0 Å². The standard InChI is InChI=1S/C34H52N4O6S/c1-6-15-29(34(42)36-30(32(40)31(39)16-7-2)24-27-19-13-10-14-20-27)35-33(41)28(23-26-17-11-9-12-18-26)25-45(43,44)38(5)22-21-37(4)8-3/h1-2,9,11-12,17-18,27-32,39-40H,8,10,13-16,19-25H2,3-5H3,(H,35,41)(H,36,42)/t28-,29+,30+,31+,32-/m1/s1. The molecular weight excluding hydrogens is 592 g/mol. The first kappa shape index (κ1) is 38.3. The number of hydrogen-bond donors (Lipinski definition) is 4. The van der Waals surface area contributed by atoms with Crippen molar-refractivity contribution in [3.8, 4) is 24.7 Å².